The summed E-state index contributed by atoms with van der Waals surface area (Å²) in [5.74, 6) is 0.652. The lowest BCUT2D eigenvalue weighted by Crippen LogP contribution is -2.41. The van der Waals surface area contributed by atoms with Gasteiger partial charge in [0.15, 0.2) is 0 Å². The first kappa shape index (κ1) is 16.5. The van der Waals surface area contributed by atoms with Gasteiger partial charge in [-0.05, 0) is 46.1 Å². The molecule has 2 atom stereocenters. The fourth-order valence-corrected chi connectivity index (χ4v) is 2.66. The Hall–Kier alpha value is -0.580. The summed E-state index contributed by atoms with van der Waals surface area (Å²) in [5, 5.41) is 4.40. The summed E-state index contributed by atoms with van der Waals surface area (Å²) in [5.41, 5.74) is 7.34. The van der Waals surface area contributed by atoms with Gasteiger partial charge in [-0.1, -0.05) is 0 Å². The Balaban J connectivity index is 0.00000180. The Morgan fingerprint density at radius 3 is 2.74 bits per heavy atom. The maximum atomic E-state index is 6.02. The van der Waals surface area contributed by atoms with E-state index in [1.165, 1.54) is 24.9 Å². The second-order valence-electron chi connectivity index (χ2n) is 5.92. The standard InChI is InChI=1S/C14H26N4.ClH/c1-11(2)18-9-13(7-16-18)8-17-6-4-5-14(10-17)12(3)15;/h7,9,11-12,14H,4-6,8,10,15H2,1-3H3;1H. The largest absolute Gasteiger partial charge is 0.328 e. The smallest absolute Gasteiger partial charge is 0.0534 e. The van der Waals surface area contributed by atoms with Crippen LogP contribution in [0.2, 0.25) is 0 Å². The van der Waals surface area contributed by atoms with E-state index in [1.54, 1.807) is 0 Å². The topological polar surface area (TPSA) is 47.1 Å². The van der Waals surface area contributed by atoms with Gasteiger partial charge in [0.2, 0.25) is 0 Å². The first-order valence-corrected chi connectivity index (χ1v) is 7.07. The summed E-state index contributed by atoms with van der Waals surface area (Å²) >= 11 is 0. The highest BCUT2D eigenvalue weighted by atomic mass is 35.5. The molecule has 2 heterocycles. The Kier molecular flexibility index (Phi) is 6.30. The molecular weight excluding hydrogens is 260 g/mol. The summed E-state index contributed by atoms with van der Waals surface area (Å²) in [6.45, 7) is 9.77. The van der Waals surface area contributed by atoms with Crippen LogP contribution in [0.3, 0.4) is 0 Å². The van der Waals surface area contributed by atoms with Crippen LogP contribution >= 0.6 is 12.4 Å². The van der Waals surface area contributed by atoms with Crippen LogP contribution in [-0.2, 0) is 6.54 Å². The second kappa shape index (κ2) is 7.27. The number of halogens is 1. The maximum Gasteiger partial charge on any atom is 0.0534 e. The highest BCUT2D eigenvalue weighted by molar-refractivity contribution is 5.85. The van der Waals surface area contributed by atoms with E-state index in [0.717, 1.165) is 13.1 Å². The average Bonchev–Trinajstić information content (AvgIpc) is 2.78. The van der Waals surface area contributed by atoms with Crippen molar-refractivity contribution in [1.82, 2.24) is 14.7 Å². The lowest BCUT2D eigenvalue weighted by atomic mass is 9.92. The van der Waals surface area contributed by atoms with Crippen LogP contribution in [0.5, 0.6) is 0 Å². The van der Waals surface area contributed by atoms with E-state index in [4.69, 9.17) is 5.73 Å². The number of likely N-dealkylation sites (tertiary alicyclic amines) is 1. The van der Waals surface area contributed by atoms with Crippen molar-refractivity contribution >= 4 is 12.4 Å². The van der Waals surface area contributed by atoms with Gasteiger partial charge in [0, 0.05) is 36.9 Å². The Morgan fingerprint density at radius 2 is 2.16 bits per heavy atom. The molecule has 4 nitrogen and oxygen atoms in total. The van der Waals surface area contributed by atoms with Gasteiger partial charge in [-0.15, -0.1) is 12.4 Å². The molecule has 2 N–H and O–H groups in total. The van der Waals surface area contributed by atoms with Crippen LogP contribution in [-0.4, -0.2) is 33.8 Å². The number of aromatic nitrogens is 2. The average molecular weight is 287 g/mol. The van der Waals surface area contributed by atoms with Crippen molar-refractivity contribution in [3.05, 3.63) is 18.0 Å². The molecule has 0 aliphatic carbocycles. The second-order valence-corrected chi connectivity index (χ2v) is 5.92. The van der Waals surface area contributed by atoms with Gasteiger partial charge in [-0.25, -0.2) is 0 Å². The van der Waals surface area contributed by atoms with Crippen LogP contribution in [0.25, 0.3) is 0 Å². The number of nitrogens with zero attached hydrogens (tertiary/aromatic N) is 3. The van der Waals surface area contributed by atoms with Crippen LogP contribution in [0.1, 0.15) is 45.2 Å². The van der Waals surface area contributed by atoms with Gasteiger partial charge >= 0.3 is 0 Å². The molecule has 5 heteroatoms. The molecule has 0 aromatic carbocycles. The fraction of sp³-hybridized carbons (Fsp3) is 0.786. The summed E-state index contributed by atoms with van der Waals surface area (Å²) in [7, 11) is 0. The van der Waals surface area contributed by atoms with Crippen molar-refractivity contribution in [3.63, 3.8) is 0 Å². The van der Waals surface area contributed by atoms with Crippen molar-refractivity contribution in [2.45, 2.75) is 52.2 Å². The monoisotopic (exact) mass is 286 g/mol. The van der Waals surface area contributed by atoms with Gasteiger partial charge in [-0.2, -0.15) is 5.10 Å². The zero-order chi connectivity index (χ0) is 13.1. The molecule has 1 aromatic rings. The first-order chi connectivity index (χ1) is 8.56. The van der Waals surface area contributed by atoms with E-state index in [2.05, 4.69) is 37.0 Å². The molecule has 0 spiro atoms. The van der Waals surface area contributed by atoms with E-state index >= 15 is 0 Å². The predicted octanol–water partition coefficient (Wildman–Crippen LogP) is 2.45. The van der Waals surface area contributed by atoms with Crippen molar-refractivity contribution in [1.29, 1.82) is 0 Å². The van der Waals surface area contributed by atoms with E-state index in [1.807, 2.05) is 10.9 Å². The van der Waals surface area contributed by atoms with Crippen LogP contribution in [0, 0.1) is 5.92 Å². The summed E-state index contributed by atoms with van der Waals surface area (Å²) < 4.78 is 2.03. The molecule has 1 aliphatic rings. The quantitative estimate of drug-likeness (QED) is 0.925. The molecule has 19 heavy (non-hydrogen) atoms. The predicted molar refractivity (Wildman–Crippen MR) is 81.5 cm³/mol. The van der Waals surface area contributed by atoms with Crippen LogP contribution < -0.4 is 5.73 Å². The molecule has 0 bridgehead atoms. The number of nitrogens with two attached hydrogens (primary N) is 1. The van der Waals surface area contributed by atoms with Gasteiger partial charge in [0.25, 0.3) is 0 Å². The van der Waals surface area contributed by atoms with Crippen molar-refractivity contribution in [3.8, 4) is 0 Å². The van der Waals surface area contributed by atoms with E-state index in [-0.39, 0.29) is 12.4 Å². The Morgan fingerprint density at radius 1 is 1.42 bits per heavy atom. The number of piperidine rings is 1. The normalized spacial score (nSPS) is 22.3. The highest BCUT2D eigenvalue weighted by Crippen LogP contribution is 2.20. The molecule has 1 aliphatic heterocycles. The molecule has 110 valence electrons. The maximum absolute atomic E-state index is 6.02. The minimum atomic E-state index is 0. The number of hydrogen-bond acceptors (Lipinski definition) is 3. The molecule has 1 saturated heterocycles. The molecular formula is C14H27ClN4. The van der Waals surface area contributed by atoms with Crippen LogP contribution in [0.4, 0.5) is 0 Å². The fourth-order valence-electron chi connectivity index (χ4n) is 2.66. The lowest BCUT2D eigenvalue weighted by Gasteiger charge is -2.34. The van der Waals surface area contributed by atoms with E-state index < -0.39 is 0 Å². The molecule has 2 unspecified atom stereocenters. The zero-order valence-corrected chi connectivity index (χ0v) is 13.1. The van der Waals surface area contributed by atoms with Gasteiger partial charge < -0.3 is 5.73 Å². The molecule has 2 rings (SSSR count). The van der Waals surface area contributed by atoms with Crippen molar-refractivity contribution < 1.29 is 0 Å². The van der Waals surface area contributed by atoms with Crippen molar-refractivity contribution in [2.24, 2.45) is 11.7 Å². The minimum absolute atomic E-state index is 0. The third-order valence-corrected chi connectivity index (χ3v) is 3.88. The molecule has 0 amide bonds. The highest BCUT2D eigenvalue weighted by Gasteiger charge is 2.22. The lowest BCUT2D eigenvalue weighted by molar-refractivity contribution is 0.154. The third kappa shape index (κ3) is 4.48. The van der Waals surface area contributed by atoms with Crippen molar-refractivity contribution in [2.75, 3.05) is 13.1 Å². The van der Waals surface area contributed by atoms with E-state index in [0.29, 0.717) is 18.0 Å². The first-order valence-electron chi connectivity index (χ1n) is 7.07. The summed E-state index contributed by atoms with van der Waals surface area (Å²) in [4.78, 5) is 2.51. The number of rotatable bonds is 4. The SMILES string of the molecule is CC(N)C1CCCN(Cc2cnn(C(C)C)c2)C1.Cl. The summed E-state index contributed by atoms with van der Waals surface area (Å²) in [6, 6.07) is 0.753. The Labute approximate surface area is 122 Å². The number of hydrogen-bond donors (Lipinski definition) is 1. The van der Waals surface area contributed by atoms with Gasteiger partial charge in [-0.3, -0.25) is 9.58 Å². The minimum Gasteiger partial charge on any atom is -0.328 e. The van der Waals surface area contributed by atoms with Crippen LogP contribution in [0.15, 0.2) is 12.4 Å². The molecule has 1 aromatic heterocycles. The van der Waals surface area contributed by atoms with Gasteiger partial charge in [0.05, 0.1) is 6.20 Å². The molecule has 1 fully saturated rings. The molecule has 0 saturated carbocycles. The zero-order valence-electron chi connectivity index (χ0n) is 12.2. The molecule has 0 radical (unpaired) electrons. The Bertz CT molecular complexity index is 375. The third-order valence-electron chi connectivity index (χ3n) is 3.88. The van der Waals surface area contributed by atoms with Gasteiger partial charge in [0.1, 0.15) is 0 Å². The van der Waals surface area contributed by atoms with E-state index in [9.17, 15) is 0 Å². The summed E-state index contributed by atoms with van der Waals surface area (Å²) in [6.07, 6.45) is 6.71.